The summed E-state index contributed by atoms with van der Waals surface area (Å²) in [6.07, 6.45) is -5.02. The molecule has 1 fully saturated rings. The summed E-state index contributed by atoms with van der Waals surface area (Å²) < 4.78 is 51.9. The van der Waals surface area contributed by atoms with Crippen LogP contribution in [-0.4, -0.2) is 24.6 Å². The van der Waals surface area contributed by atoms with Gasteiger partial charge in [-0.3, -0.25) is 0 Å². The van der Waals surface area contributed by atoms with Crippen molar-refractivity contribution in [2.45, 2.75) is 51.9 Å². The van der Waals surface area contributed by atoms with E-state index in [1.807, 2.05) is 43.3 Å². The van der Waals surface area contributed by atoms with E-state index in [4.69, 9.17) is 9.47 Å². The lowest BCUT2D eigenvalue weighted by atomic mass is 9.90. The van der Waals surface area contributed by atoms with E-state index in [0.717, 1.165) is 34.4 Å². The van der Waals surface area contributed by atoms with Crippen LogP contribution in [0.5, 0.6) is 5.75 Å². The van der Waals surface area contributed by atoms with Crippen LogP contribution in [0.4, 0.5) is 18.0 Å². The summed E-state index contributed by atoms with van der Waals surface area (Å²) in [5, 5.41) is 0. The van der Waals surface area contributed by atoms with Crippen molar-refractivity contribution < 1.29 is 27.4 Å². The third-order valence-corrected chi connectivity index (χ3v) is 6.66. The zero-order chi connectivity index (χ0) is 26.0. The smallest absolute Gasteiger partial charge is 0.416 e. The Morgan fingerprint density at radius 3 is 2.47 bits per heavy atom. The number of benzene rings is 3. The third kappa shape index (κ3) is 5.35. The molecule has 1 atom stereocenters. The number of hydrogen-bond donors (Lipinski definition) is 0. The van der Waals surface area contributed by atoms with Gasteiger partial charge in [0.05, 0.1) is 12.7 Å². The quantitative estimate of drug-likeness (QED) is 0.348. The summed E-state index contributed by atoms with van der Waals surface area (Å²) in [6, 6.07) is 17.1. The Morgan fingerprint density at radius 1 is 1.06 bits per heavy atom. The highest BCUT2D eigenvalue weighted by Crippen LogP contribution is 2.38. The van der Waals surface area contributed by atoms with Gasteiger partial charge in [0, 0.05) is 25.1 Å². The summed E-state index contributed by atoms with van der Waals surface area (Å²) in [5.41, 5.74) is 4.06. The van der Waals surface area contributed by atoms with Crippen LogP contribution in [0.3, 0.4) is 0 Å². The van der Waals surface area contributed by atoms with Crippen LogP contribution >= 0.6 is 0 Å². The molecule has 7 heteroatoms. The topological polar surface area (TPSA) is 38.8 Å². The number of alkyl halides is 3. The van der Waals surface area contributed by atoms with E-state index in [-0.39, 0.29) is 12.5 Å². The molecule has 0 radical (unpaired) electrons. The molecule has 0 unspecified atom stereocenters. The second-order valence-electron chi connectivity index (χ2n) is 9.42. The number of nitrogens with zero attached hydrogens (tertiary/aromatic N) is 1. The molecule has 0 bridgehead atoms. The Labute approximate surface area is 209 Å². The third-order valence-electron chi connectivity index (χ3n) is 6.66. The van der Waals surface area contributed by atoms with E-state index < -0.39 is 23.9 Å². The molecule has 4 rings (SSSR count). The maximum absolute atomic E-state index is 13.6. The zero-order valence-corrected chi connectivity index (χ0v) is 20.9. The Hall–Kier alpha value is -3.48. The lowest BCUT2D eigenvalue weighted by Crippen LogP contribution is -2.38. The Kier molecular flexibility index (Phi) is 7.29. The zero-order valence-electron chi connectivity index (χ0n) is 20.9. The van der Waals surface area contributed by atoms with Crippen LogP contribution in [0, 0.1) is 6.92 Å². The Bertz CT molecular complexity index is 1250. The second-order valence-corrected chi connectivity index (χ2v) is 9.42. The fraction of sp³-hybridized carbons (Fsp3) is 0.345. The normalized spacial score (nSPS) is 16.3. The van der Waals surface area contributed by atoms with Crippen molar-refractivity contribution in [1.82, 2.24) is 4.90 Å². The van der Waals surface area contributed by atoms with Gasteiger partial charge in [0.15, 0.2) is 0 Å². The number of para-hydroxylation sites is 1. The van der Waals surface area contributed by atoms with E-state index >= 15 is 0 Å². The van der Waals surface area contributed by atoms with Crippen LogP contribution in [0.1, 0.15) is 60.1 Å². The van der Waals surface area contributed by atoms with Gasteiger partial charge in [-0.25, -0.2) is 4.79 Å². The van der Waals surface area contributed by atoms with Crippen LogP contribution < -0.4 is 4.74 Å². The van der Waals surface area contributed by atoms with Crippen molar-refractivity contribution in [3.63, 3.8) is 0 Å². The number of carbonyl (C=O) groups excluding carboxylic acids is 1. The van der Waals surface area contributed by atoms with E-state index in [1.54, 1.807) is 13.2 Å². The van der Waals surface area contributed by atoms with Crippen LogP contribution in [-0.2, 0) is 17.5 Å². The maximum Gasteiger partial charge on any atom is 0.416 e. The number of cyclic esters (lactones) is 1. The van der Waals surface area contributed by atoms with Gasteiger partial charge < -0.3 is 14.4 Å². The van der Waals surface area contributed by atoms with Gasteiger partial charge in [0.25, 0.3) is 0 Å². The average Bonchev–Trinajstić information content (AvgIpc) is 2.85. The molecule has 190 valence electrons. The number of aryl methyl sites for hydroxylation is 1. The minimum absolute atomic E-state index is 0.0159. The van der Waals surface area contributed by atoms with Crippen molar-refractivity contribution >= 4 is 6.09 Å². The number of ether oxygens (including phenoxy) is 2. The molecule has 0 spiro atoms. The fourth-order valence-corrected chi connectivity index (χ4v) is 4.57. The minimum atomic E-state index is -4.49. The van der Waals surface area contributed by atoms with E-state index in [1.165, 1.54) is 11.0 Å². The van der Waals surface area contributed by atoms with Crippen molar-refractivity contribution in [3.05, 3.63) is 88.5 Å². The summed E-state index contributed by atoms with van der Waals surface area (Å²) in [7, 11) is 1.56. The second kappa shape index (κ2) is 10.2. The number of amides is 1. The van der Waals surface area contributed by atoms with Crippen molar-refractivity contribution in [3.8, 4) is 16.9 Å². The Morgan fingerprint density at radius 2 is 1.81 bits per heavy atom. The van der Waals surface area contributed by atoms with Gasteiger partial charge in [-0.1, -0.05) is 56.3 Å². The highest BCUT2D eigenvalue weighted by Gasteiger charge is 2.33. The molecule has 3 aromatic carbocycles. The predicted molar refractivity (Wildman–Crippen MR) is 133 cm³/mol. The summed E-state index contributed by atoms with van der Waals surface area (Å²) in [5.74, 6) is 0.899. The lowest BCUT2D eigenvalue weighted by Gasteiger charge is -2.33. The van der Waals surface area contributed by atoms with Gasteiger partial charge in [-0.15, -0.1) is 0 Å². The van der Waals surface area contributed by atoms with Gasteiger partial charge in [0.1, 0.15) is 11.9 Å². The van der Waals surface area contributed by atoms with Crippen molar-refractivity contribution in [1.29, 1.82) is 0 Å². The standard InChI is InChI=1S/C29H30F3NO3/c1-18(2)20-10-9-19(3)25(16-20)23-12-11-22(29(30,31)32)15-21(23)17-33-14-13-27(36-28(33)34)24-7-5-6-8-26(24)35-4/h5-12,15-16,18,27H,13-14,17H2,1-4H3/t27-/m0/s1. The molecule has 0 saturated carbocycles. The number of hydrogen-bond acceptors (Lipinski definition) is 3. The average molecular weight is 498 g/mol. The summed E-state index contributed by atoms with van der Waals surface area (Å²) >= 11 is 0. The first-order valence-electron chi connectivity index (χ1n) is 12.0. The maximum atomic E-state index is 13.6. The molecular weight excluding hydrogens is 467 g/mol. The van der Waals surface area contributed by atoms with Gasteiger partial charge >= 0.3 is 12.3 Å². The van der Waals surface area contributed by atoms with Crippen LogP contribution in [0.15, 0.2) is 60.7 Å². The largest absolute Gasteiger partial charge is 0.496 e. The van der Waals surface area contributed by atoms with Crippen LogP contribution in [0.25, 0.3) is 11.1 Å². The van der Waals surface area contributed by atoms with Crippen molar-refractivity contribution in [2.24, 2.45) is 0 Å². The highest BCUT2D eigenvalue weighted by atomic mass is 19.4. The molecule has 4 nitrogen and oxygen atoms in total. The highest BCUT2D eigenvalue weighted by molar-refractivity contribution is 5.74. The van der Waals surface area contributed by atoms with Gasteiger partial charge in [-0.2, -0.15) is 13.2 Å². The first-order valence-corrected chi connectivity index (χ1v) is 12.0. The molecule has 36 heavy (non-hydrogen) atoms. The molecule has 1 saturated heterocycles. The molecule has 1 aliphatic heterocycles. The molecular formula is C29H30F3NO3. The van der Waals surface area contributed by atoms with Crippen LogP contribution in [0.2, 0.25) is 0 Å². The first-order chi connectivity index (χ1) is 17.1. The number of rotatable bonds is 6. The first kappa shape index (κ1) is 25.6. The van der Waals surface area contributed by atoms with Crippen molar-refractivity contribution in [2.75, 3.05) is 13.7 Å². The van der Waals surface area contributed by atoms with E-state index in [9.17, 15) is 18.0 Å². The molecule has 3 aromatic rings. The Balaban J connectivity index is 1.66. The predicted octanol–water partition coefficient (Wildman–Crippen LogP) is 7.90. The molecule has 0 N–H and O–H groups in total. The van der Waals surface area contributed by atoms with Gasteiger partial charge in [-0.05, 0) is 58.9 Å². The SMILES string of the molecule is COc1ccccc1[C@@H]1CCN(Cc2cc(C(F)(F)F)ccc2-c2cc(C(C)C)ccc2C)C(=O)O1. The molecule has 1 heterocycles. The summed E-state index contributed by atoms with van der Waals surface area (Å²) in [6.45, 7) is 6.45. The lowest BCUT2D eigenvalue weighted by molar-refractivity contribution is -0.137. The molecule has 1 amide bonds. The molecule has 0 aliphatic carbocycles. The number of methoxy groups -OCH3 is 1. The van der Waals surface area contributed by atoms with E-state index in [0.29, 0.717) is 29.8 Å². The van der Waals surface area contributed by atoms with Gasteiger partial charge in [0.2, 0.25) is 0 Å². The molecule has 1 aliphatic rings. The monoisotopic (exact) mass is 497 g/mol. The number of halogens is 3. The van der Waals surface area contributed by atoms with E-state index in [2.05, 4.69) is 13.8 Å². The fourth-order valence-electron chi connectivity index (χ4n) is 4.57. The minimum Gasteiger partial charge on any atom is -0.496 e. The number of carbonyl (C=O) groups is 1. The summed E-state index contributed by atoms with van der Waals surface area (Å²) in [4.78, 5) is 14.4. The molecule has 0 aromatic heterocycles.